The van der Waals surface area contributed by atoms with E-state index in [9.17, 15) is 4.79 Å². The zero-order chi connectivity index (χ0) is 19.3. The van der Waals surface area contributed by atoms with E-state index in [4.69, 9.17) is 4.74 Å². The zero-order valence-corrected chi connectivity index (χ0v) is 17.2. The van der Waals surface area contributed by atoms with Crippen LogP contribution in [0.25, 0.3) is 5.57 Å². The van der Waals surface area contributed by atoms with Crippen LogP contribution in [0.4, 0.5) is 0 Å². The van der Waals surface area contributed by atoms with Crippen LogP contribution in [0, 0.1) is 5.92 Å². The highest BCUT2D eigenvalue weighted by molar-refractivity contribution is 7.98. The number of esters is 1. The van der Waals surface area contributed by atoms with Crippen LogP contribution in [0.15, 0.2) is 59.5 Å². The molecule has 2 aliphatic heterocycles. The topological polar surface area (TPSA) is 29.5 Å². The maximum atomic E-state index is 12.2. The molecule has 0 aromatic heterocycles. The molecule has 1 unspecified atom stereocenters. The van der Waals surface area contributed by atoms with Gasteiger partial charge in [-0.05, 0) is 54.6 Å². The molecule has 0 radical (unpaired) electrons. The third kappa shape index (κ3) is 4.18. The Morgan fingerprint density at radius 3 is 2.82 bits per heavy atom. The van der Waals surface area contributed by atoms with E-state index in [0.717, 1.165) is 38.2 Å². The van der Waals surface area contributed by atoms with Gasteiger partial charge in [-0.3, -0.25) is 9.69 Å². The number of likely N-dealkylation sites (tertiary alicyclic amines) is 1. The van der Waals surface area contributed by atoms with Crippen LogP contribution in [-0.4, -0.2) is 37.1 Å². The lowest BCUT2D eigenvalue weighted by molar-refractivity contribution is -0.149. The second-order valence-corrected chi connectivity index (χ2v) is 8.43. The van der Waals surface area contributed by atoms with Crippen molar-refractivity contribution in [3.05, 3.63) is 71.3 Å². The van der Waals surface area contributed by atoms with Crippen molar-refractivity contribution in [2.24, 2.45) is 5.92 Å². The summed E-state index contributed by atoms with van der Waals surface area (Å²) in [6.07, 6.45) is 4.35. The van der Waals surface area contributed by atoms with Crippen molar-refractivity contribution in [2.75, 3.05) is 26.2 Å². The van der Waals surface area contributed by atoms with Crippen molar-refractivity contribution in [2.45, 2.75) is 30.4 Å². The van der Waals surface area contributed by atoms with E-state index >= 15 is 0 Å². The van der Waals surface area contributed by atoms with Crippen molar-refractivity contribution >= 4 is 23.3 Å². The molecule has 2 aliphatic rings. The molecule has 2 aromatic carbocycles. The molecule has 0 amide bonds. The van der Waals surface area contributed by atoms with Crippen molar-refractivity contribution in [3.63, 3.8) is 0 Å². The fourth-order valence-corrected chi connectivity index (χ4v) is 5.21. The molecule has 1 saturated heterocycles. The molecule has 2 aromatic rings. The number of hydrogen-bond donors (Lipinski definition) is 0. The normalized spacial score (nSPS) is 20.9. The number of rotatable bonds is 4. The molecule has 0 aliphatic carbocycles. The molecule has 0 N–H and O–H groups in total. The van der Waals surface area contributed by atoms with E-state index in [1.165, 1.54) is 27.2 Å². The quantitative estimate of drug-likeness (QED) is 0.684. The number of carbonyl (C=O) groups is 1. The highest BCUT2D eigenvalue weighted by Gasteiger charge is 2.26. The Labute approximate surface area is 171 Å². The molecule has 2 heterocycles. The minimum absolute atomic E-state index is 0.0105. The summed E-state index contributed by atoms with van der Waals surface area (Å²) in [7, 11) is 0. The Bertz CT molecular complexity index is 827. The van der Waals surface area contributed by atoms with E-state index in [-0.39, 0.29) is 11.9 Å². The summed E-state index contributed by atoms with van der Waals surface area (Å²) in [5.74, 6) is 0.969. The summed E-state index contributed by atoms with van der Waals surface area (Å²) in [5.41, 5.74) is 5.35. The summed E-state index contributed by atoms with van der Waals surface area (Å²) in [5, 5.41) is 0. The smallest absolute Gasteiger partial charge is 0.310 e. The van der Waals surface area contributed by atoms with Gasteiger partial charge in [0.1, 0.15) is 0 Å². The second-order valence-electron chi connectivity index (χ2n) is 7.41. The Morgan fingerprint density at radius 2 is 1.96 bits per heavy atom. The molecule has 4 heteroatoms. The summed E-state index contributed by atoms with van der Waals surface area (Å²) in [4.78, 5) is 15.9. The predicted molar refractivity (Wildman–Crippen MR) is 115 cm³/mol. The fraction of sp³-hybridized carbons (Fsp3) is 0.375. The van der Waals surface area contributed by atoms with E-state index in [2.05, 4.69) is 59.5 Å². The zero-order valence-electron chi connectivity index (χ0n) is 16.4. The number of ether oxygens (including phenoxy) is 1. The van der Waals surface area contributed by atoms with Gasteiger partial charge in [0.15, 0.2) is 0 Å². The van der Waals surface area contributed by atoms with Crippen molar-refractivity contribution in [3.8, 4) is 0 Å². The number of fused-ring (bicyclic) bond motifs is 2. The highest BCUT2D eigenvalue weighted by Crippen LogP contribution is 2.39. The van der Waals surface area contributed by atoms with Crippen molar-refractivity contribution in [1.82, 2.24) is 4.90 Å². The van der Waals surface area contributed by atoms with Gasteiger partial charge in [-0.25, -0.2) is 0 Å². The Morgan fingerprint density at radius 1 is 1.18 bits per heavy atom. The Kier molecular flexibility index (Phi) is 6.18. The van der Waals surface area contributed by atoms with Crippen LogP contribution in [0.1, 0.15) is 36.5 Å². The SMILES string of the molecule is CCOC(=O)C1CCCN(C/C=C2\c3ccccc3CSc3ccccc32)C1. The molecular weight excluding hydrogens is 366 g/mol. The van der Waals surface area contributed by atoms with Crippen molar-refractivity contribution < 1.29 is 9.53 Å². The summed E-state index contributed by atoms with van der Waals surface area (Å²) < 4.78 is 5.25. The molecule has 0 saturated carbocycles. The third-order valence-corrected chi connectivity index (χ3v) is 6.67. The van der Waals surface area contributed by atoms with Gasteiger partial charge in [0, 0.05) is 23.7 Å². The molecular formula is C24H27NO2S. The molecule has 0 bridgehead atoms. The van der Waals surface area contributed by atoms with Gasteiger partial charge in [0.2, 0.25) is 0 Å². The molecule has 1 atom stereocenters. The van der Waals surface area contributed by atoms with Crippen LogP contribution >= 0.6 is 11.8 Å². The molecule has 0 spiro atoms. The van der Waals surface area contributed by atoms with Gasteiger partial charge in [0.05, 0.1) is 12.5 Å². The van der Waals surface area contributed by atoms with Gasteiger partial charge in [-0.15, -0.1) is 11.8 Å². The maximum Gasteiger partial charge on any atom is 0.310 e. The van der Waals surface area contributed by atoms with Crippen LogP contribution in [0.3, 0.4) is 0 Å². The van der Waals surface area contributed by atoms with Crippen molar-refractivity contribution in [1.29, 1.82) is 0 Å². The fourth-order valence-electron chi connectivity index (χ4n) is 4.14. The van der Waals surface area contributed by atoms with Gasteiger partial charge < -0.3 is 4.74 Å². The number of thioether (sulfide) groups is 1. The molecule has 1 fully saturated rings. The average molecular weight is 394 g/mol. The number of nitrogens with zero attached hydrogens (tertiary/aromatic N) is 1. The van der Waals surface area contributed by atoms with Crippen LogP contribution in [0.2, 0.25) is 0 Å². The molecule has 146 valence electrons. The minimum Gasteiger partial charge on any atom is -0.466 e. The van der Waals surface area contributed by atoms with E-state index in [1.807, 2.05) is 18.7 Å². The lowest BCUT2D eigenvalue weighted by atomic mass is 9.93. The summed E-state index contributed by atoms with van der Waals surface area (Å²) in [6, 6.07) is 17.4. The molecule has 4 rings (SSSR count). The molecule has 28 heavy (non-hydrogen) atoms. The maximum absolute atomic E-state index is 12.2. The summed E-state index contributed by atoms with van der Waals surface area (Å²) >= 11 is 1.91. The second kappa shape index (κ2) is 8.97. The lowest BCUT2D eigenvalue weighted by Crippen LogP contribution is -2.39. The first-order valence-electron chi connectivity index (χ1n) is 10.2. The third-order valence-electron chi connectivity index (χ3n) is 5.55. The van der Waals surface area contributed by atoms with Gasteiger partial charge >= 0.3 is 5.97 Å². The van der Waals surface area contributed by atoms with Gasteiger partial charge in [-0.2, -0.15) is 0 Å². The van der Waals surface area contributed by atoms with Crippen LogP contribution < -0.4 is 0 Å². The van der Waals surface area contributed by atoms with Crippen LogP contribution in [-0.2, 0) is 15.3 Å². The minimum atomic E-state index is -0.0404. The number of piperidine rings is 1. The first-order chi connectivity index (χ1) is 13.8. The lowest BCUT2D eigenvalue weighted by Gasteiger charge is -2.30. The van der Waals surface area contributed by atoms with Crippen LogP contribution in [0.5, 0.6) is 0 Å². The van der Waals surface area contributed by atoms with E-state index in [0.29, 0.717) is 6.61 Å². The van der Waals surface area contributed by atoms with Gasteiger partial charge in [-0.1, -0.05) is 48.5 Å². The number of benzene rings is 2. The Hall–Kier alpha value is -2.04. The monoisotopic (exact) mass is 393 g/mol. The van der Waals surface area contributed by atoms with Gasteiger partial charge in [0.25, 0.3) is 0 Å². The van der Waals surface area contributed by atoms with E-state index < -0.39 is 0 Å². The Balaban J connectivity index is 1.59. The number of hydrogen-bond acceptors (Lipinski definition) is 4. The molecule has 3 nitrogen and oxygen atoms in total. The first kappa shape index (κ1) is 19.3. The largest absolute Gasteiger partial charge is 0.466 e. The summed E-state index contributed by atoms with van der Waals surface area (Å²) in [6.45, 7) is 5.03. The predicted octanol–water partition coefficient (Wildman–Crippen LogP) is 5.00. The first-order valence-corrected chi connectivity index (χ1v) is 11.1. The highest BCUT2D eigenvalue weighted by atomic mass is 32.2. The number of carbonyl (C=O) groups excluding carboxylic acids is 1. The standard InChI is InChI=1S/C24H27NO2S/c1-2-27-24(26)18-9-7-14-25(16-18)15-13-21-20-10-4-3-8-19(20)17-28-23-12-6-5-11-22(21)23/h3-6,8,10-13,18H,2,7,9,14-17H2,1H3/b21-13+. The van der Waals surface area contributed by atoms with E-state index in [1.54, 1.807) is 0 Å². The average Bonchev–Trinajstić information content (AvgIpc) is 2.89.